The zero-order valence-electron chi connectivity index (χ0n) is 15.3. The predicted molar refractivity (Wildman–Crippen MR) is 98.8 cm³/mol. The van der Waals surface area contributed by atoms with Crippen molar-refractivity contribution in [3.8, 4) is 11.5 Å². The van der Waals surface area contributed by atoms with Crippen molar-refractivity contribution in [1.82, 2.24) is 19.5 Å². The molecule has 2 aromatic heterocycles. The highest BCUT2D eigenvalue weighted by Crippen LogP contribution is 2.40. The Labute approximate surface area is 163 Å². The number of alkyl halides is 3. The van der Waals surface area contributed by atoms with Gasteiger partial charge in [-0.25, -0.2) is 15.0 Å². The Morgan fingerprint density at radius 2 is 1.96 bits per heavy atom. The number of halogens is 3. The predicted octanol–water partition coefficient (Wildman–Crippen LogP) is 4.09. The van der Waals surface area contributed by atoms with E-state index in [0.29, 0.717) is 21.6 Å². The molecule has 0 amide bonds. The maximum absolute atomic E-state index is 13.0. The first-order chi connectivity index (χ1) is 13.2. The summed E-state index contributed by atoms with van der Waals surface area (Å²) in [5, 5.41) is 0.297. The van der Waals surface area contributed by atoms with Crippen molar-refractivity contribution in [3.05, 3.63) is 24.5 Å². The summed E-state index contributed by atoms with van der Waals surface area (Å²) in [5.74, 6) is 1.21. The summed E-state index contributed by atoms with van der Waals surface area (Å²) in [6.07, 6.45) is -4.17. The Bertz CT molecular complexity index is 993. The fourth-order valence-corrected chi connectivity index (χ4v) is 3.89. The van der Waals surface area contributed by atoms with E-state index in [4.69, 9.17) is 15.2 Å². The van der Waals surface area contributed by atoms with Crippen LogP contribution >= 0.6 is 11.8 Å². The van der Waals surface area contributed by atoms with Crippen LogP contribution in [-0.4, -0.2) is 39.9 Å². The Hall–Kier alpha value is -2.69. The van der Waals surface area contributed by atoms with E-state index in [1.54, 1.807) is 18.2 Å². The third-order valence-corrected chi connectivity index (χ3v) is 5.02. The lowest BCUT2D eigenvalue weighted by Crippen LogP contribution is -2.17. The van der Waals surface area contributed by atoms with Gasteiger partial charge in [-0.1, -0.05) is 0 Å². The van der Waals surface area contributed by atoms with Gasteiger partial charge in [0.2, 0.25) is 0 Å². The Morgan fingerprint density at radius 1 is 1.21 bits per heavy atom. The third kappa shape index (κ3) is 4.08. The van der Waals surface area contributed by atoms with Crippen molar-refractivity contribution in [2.75, 3.05) is 20.0 Å². The molecule has 2 heterocycles. The fourth-order valence-electron chi connectivity index (χ4n) is 2.76. The zero-order chi connectivity index (χ0) is 20.5. The molecule has 7 nitrogen and oxygen atoms in total. The lowest BCUT2D eigenvalue weighted by Gasteiger charge is -2.18. The molecule has 1 atom stereocenters. The molecule has 0 aliphatic carbocycles. The monoisotopic (exact) mass is 413 g/mol. The molecule has 2 N–H and O–H groups in total. The molecule has 0 radical (unpaired) electrons. The first kappa shape index (κ1) is 20.1. The topological polar surface area (TPSA) is 88.1 Å². The van der Waals surface area contributed by atoms with E-state index in [2.05, 4.69) is 15.0 Å². The largest absolute Gasteiger partial charge is 0.497 e. The number of anilines is 1. The summed E-state index contributed by atoms with van der Waals surface area (Å²) in [6, 6.07) is 4.21. The molecule has 0 fully saturated rings. The number of rotatable bonds is 6. The van der Waals surface area contributed by atoms with Crippen LogP contribution < -0.4 is 15.2 Å². The number of ether oxygens (including phenoxy) is 2. The summed E-state index contributed by atoms with van der Waals surface area (Å²) >= 11 is 1.14. The first-order valence-electron chi connectivity index (χ1n) is 8.18. The van der Waals surface area contributed by atoms with Gasteiger partial charge in [-0.3, -0.25) is 0 Å². The van der Waals surface area contributed by atoms with Crippen LogP contribution in [-0.2, 0) is 0 Å². The second kappa shape index (κ2) is 7.74. The van der Waals surface area contributed by atoms with E-state index in [1.807, 2.05) is 0 Å². The van der Waals surface area contributed by atoms with E-state index in [0.717, 1.165) is 11.8 Å². The van der Waals surface area contributed by atoms with Gasteiger partial charge in [-0.15, -0.1) is 0 Å². The van der Waals surface area contributed by atoms with Gasteiger partial charge in [-0.2, -0.15) is 13.2 Å². The van der Waals surface area contributed by atoms with Gasteiger partial charge in [-0.05, 0) is 36.9 Å². The number of nitrogen functional groups attached to an aromatic ring is 1. The van der Waals surface area contributed by atoms with Crippen molar-refractivity contribution in [1.29, 1.82) is 0 Å². The van der Waals surface area contributed by atoms with E-state index in [1.165, 1.54) is 32.0 Å². The quantitative estimate of drug-likeness (QED) is 0.651. The molecule has 3 rings (SSSR count). The van der Waals surface area contributed by atoms with Crippen LogP contribution in [0.4, 0.5) is 19.0 Å². The molecule has 0 aliphatic rings. The first-order valence-corrected chi connectivity index (χ1v) is 9.00. The van der Waals surface area contributed by atoms with E-state index in [9.17, 15) is 13.2 Å². The number of benzene rings is 1. The minimum absolute atomic E-state index is 0.0995. The second-order valence-electron chi connectivity index (χ2n) is 5.98. The summed E-state index contributed by atoms with van der Waals surface area (Å²) in [4.78, 5) is 13.0. The van der Waals surface area contributed by atoms with Gasteiger partial charge >= 0.3 is 6.18 Å². The van der Waals surface area contributed by atoms with Crippen molar-refractivity contribution < 1.29 is 22.6 Å². The highest BCUT2D eigenvalue weighted by Gasteiger charge is 2.33. The second-order valence-corrected chi connectivity index (χ2v) is 6.99. The number of methoxy groups -OCH3 is 2. The fraction of sp³-hybridized carbons (Fsp3) is 0.353. The van der Waals surface area contributed by atoms with Crippen LogP contribution in [0.3, 0.4) is 0 Å². The number of hydrogen-bond donors (Lipinski definition) is 1. The highest BCUT2D eigenvalue weighted by atomic mass is 32.2. The van der Waals surface area contributed by atoms with Crippen LogP contribution in [0, 0.1) is 0 Å². The molecule has 1 aromatic carbocycles. The lowest BCUT2D eigenvalue weighted by molar-refractivity contribution is -0.141. The van der Waals surface area contributed by atoms with Gasteiger partial charge < -0.3 is 19.8 Å². The average molecular weight is 413 g/mol. The van der Waals surface area contributed by atoms with Crippen LogP contribution in [0.5, 0.6) is 11.5 Å². The standard InChI is InChI=1S/C17H18F3N5O2S/c1-9(7-17(18,19)20)25-15-13(14(21)22-8-23-15)24-16(25)28-12-6-10(26-2)4-5-11(12)27-3/h4-6,8-9H,7H2,1-3H3,(H2,21,22,23). The summed E-state index contributed by atoms with van der Waals surface area (Å²) in [6.45, 7) is 1.46. The molecule has 150 valence electrons. The van der Waals surface area contributed by atoms with E-state index < -0.39 is 18.6 Å². The molecule has 28 heavy (non-hydrogen) atoms. The van der Waals surface area contributed by atoms with Crippen LogP contribution in [0.1, 0.15) is 19.4 Å². The molecular weight excluding hydrogens is 395 g/mol. The van der Waals surface area contributed by atoms with Crippen LogP contribution in [0.25, 0.3) is 11.2 Å². The Balaban J connectivity index is 2.13. The molecule has 1 unspecified atom stereocenters. The lowest BCUT2D eigenvalue weighted by atomic mass is 10.2. The third-order valence-electron chi connectivity index (χ3n) is 4.01. The highest BCUT2D eigenvalue weighted by molar-refractivity contribution is 7.99. The maximum Gasteiger partial charge on any atom is 0.391 e. The summed E-state index contributed by atoms with van der Waals surface area (Å²) < 4.78 is 51.1. The van der Waals surface area contributed by atoms with Gasteiger partial charge in [0.1, 0.15) is 17.8 Å². The summed E-state index contributed by atoms with van der Waals surface area (Å²) in [7, 11) is 3.03. The normalized spacial score (nSPS) is 12.9. The SMILES string of the molecule is COc1ccc(OC)c(Sc2nc3c(N)ncnc3n2C(C)CC(F)(F)F)c1. The van der Waals surface area contributed by atoms with E-state index >= 15 is 0 Å². The molecule has 0 aliphatic heterocycles. The van der Waals surface area contributed by atoms with Crippen molar-refractivity contribution in [2.45, 2.75) is 35.6 Å². The van der Waals surface area contributed by atoms with Gasteiger partial charge in [0.15, 0.2) is 22.1 Å². The zero-order valence-corrected chi connectivity index (χ0v) is 16.1. The number of hydrogen-bond acceptors (Lipinski definition) is 7. The molecule has 0 saturated heterocycles. The van der Waals surface area contributed by atoms with Crippen LogP contribution in [0.2, 0.25) is 0 Å². The number of nitrogens with two attached hydrogens (primary N) is 1. The molecule has 0 saturated carbocycles. The molecule has 0 spiro atoms. The van der Waals surface area contributed by atoms with Gasteiger partial charge in [0.05, 0.1) is 25.5 Å². The number of fused-ring (bicyclic) bond motifs is 1. The maximum atomic E-state index is 13.0. The van der Waals surface area contributed by atoms with Gasteiger partial charge in [0.25, 0.3) is 0 Å². The average Bonchev–Trinajstić information content (AvgIpc) is 2.99. The molecule has 0 bridgehead atoms. The molecule has 3 aromatic rings. The van der Waals surface area contributed by atoms with Crippen molar-refractivity contribution in [2.24, 2.45) is 0 Å². The van der Waals surface area contributed by atoms with Crippen LogP contribution in [0.15, 0.2) is 34.6 Å². The minimum atomic E-state index is -4.34. The molecular formula is C17H18F3N5O2S. The Kier molecular flexibility index (Phi) is 5.54. The number of imidazole rings is 1. The number of nitrogens with zero attached hydrogens (tertiary/aromatic N) is 4. The van der Waals surface area contributed by atoms with Crippen molar-refractivity contribution in [3.63, 3.8) is 0 Å². The number of aromatic nitrogens is 4. The van der Waals surface area contributed by atoms with Crippen molar-refractivity contribution >= 4 is 28.7 Å². The smallest absolute Gasteiger partial charge is 0.391 e. The van der Waals surface area contributed by atoms with E-state index in [-0.39, 0.29) is 17.0 Å². The van der Waals surface area contributed by atoms with Gasteiger partial charge in [0, 0.05) is 6.04 Å². The summed E-state index contributed by atoms with van der Waals surface area (Å²) in [5.41, 5.74) is 6.35. The Morgan fingerprint density at radius 3 is 2.61 bits per heavy atom. The minimum Gasteiger partial charge on any atom is -0.497 e. The molecule has 11 heteroatoms.